The first-order chi connectivity index (χ1) is 11.6. The monoisotopic (exact) mass is 345 g/mol. The molecule has 1 fully saturated rings. The zero-order valence-corrected chi connectivity index (χ0v) is 14.5. The van der Waals surface area contributed by atoms with Crippen molar-refractivity contribution in [3.05, 3.63) is 45.9 Å². The van der Waals surface area contributed by atoms with Gasteiger partial charge in [0.15, 0.2) is 0 Å². The second kappa shape index (κ2) is 7.00. The Morgan fingerprint density at radius 2 is 1.79 bits per heavy atom. The lowest BCUT2D eigenvalue weighted by Gasteiger charge is -2.34. The van der Waals surface area contributed by atoms with Gasteiger partial charge in [-0.2, -0.15) is 0 Å². The van der Waals surface area contributed by atoms with Gasteiger partial charge in [-0.3, -0.25) is 9.59 Å². The van der Waals surface area contributed by atoms with Crippen LogP contribution in [0.15, 0.2) is 29.6 Å². The van der Waals surface area contributed by atoms with Gasteiger partial charge in [0.25, 0.3) is 11.8 Å². The molecule has 0 spiro atoms. The molecule has 1 aromatic carbocycles. The van der Waals surface area contributed by atoms with Crippen LogP contribution in [0.25, 0.3) is 0 Å². The fourth-order valence-electron chi connectivity index (χ4n) is 2.67. The SMILES string of the molecule is COc1cccc(C(=O)N2CCN(C(=O)c3csc(C)n3)CC2)c1. The Kier molecular flexibility index (Phi) is 4.80. The average Bonchev–Trinajstić information content (AvgIpc) is 3.07. The minimum Gasteiger partial charge on any atom is -0.497 e. The first-order valence-electron chi connectivity index (χ1n) is 7.73. The van der Waals surface area contributed by atoms with Gasteiger partial charge < -0.3 is 14.5 Å². The van der Waals surface area contributed by atoms with Crippen molar-refractivity contribution in [1.29, 1.82) is 0 Å². The summed E-state index contributed by atoms with van der Waals surface area (Å²) in [6.45, 7) is 3.96. The molecule has 24 heavy (non-hydrogen) atoms. The Labute approximate surface area is 144 Å². The van der Waals surface area contributed by atoms with Gasteiger partial charge in [0, 0.05) is 37.1 Å². The average molecular weight is 345 g/mol. The van der Waals surface area contributed by atoms with E-state index in [0.717, 1.165) is 5.01 Å². The molecule has 6 nitrogen and oxygen atoms in total. The van der Waals surface area contributed by atoms with Crippen molar-refractivity contribution in [1.82, 2.24) is 14.8 Å². The molecule has 0 unspecified atom stereocenters. The van der Waals surface area contributed by atoms with Gasteiger partial charge in [-0.1, -0.05) is 6.07 Å². The molecule has 0 bridgehead atoms. The standard InChI is InChI=1S/C17H19N3O3S/c1-12-18-15(11-24-12)17(22)20-8-6-19(7-9-20)16(21)13-4-3-5-14(10-13)23-2/h3-5,10-11H,6-9H2,1-2H3. The number of amides is 2. The van der Waals surface area contributed by atoms with Crippen LogP contribution in [0.1, 0.15) is 25.9 Å². The topological polar surface area (TPSA) is 62.7 Å². The first-order valence-corrected chi connectivity index (χ1v) is 8.61. The molecule has 0 atom stereocenters. The summed E-state index contributed by atoms with van der Waals surface area (Å²) < 4.78 is 5.16. The summed E-state index contributed by atoms with van der Waals surface area (Å²) in [5, 5.41) is 2.66. The largest absolute Gasteiger partial charge is 0.497 e. The van der Waals surface area contributed by atoms with Gasteiger partial charge in [0.1, 0.15) is 11.4 Å². The zero-order valence-electron chi connectivity index (χ0n) is 13.7. The molecule has 1 aliphatic heterocycles. The van der Waals surface area contributed by atoms with Crippen molar-refractivity contribution in [2.24, 2.45) is 0 Å². The predicted molar refractivity (Wildman–Crippen MR) is 91.7 cm³/mol. The van der Waals surface area contributed by atoms with Crippen LogP contribution in [-0.4, -0.2) is 59.9 Å². The Bertz CT molecular complexity index is 751. The van der Waals surface area contributed by atoms with E-state index in [1.54, 1.807) is 40.5 Å². The number of benzene rings is 1. The van der Waals surface area contributed by atoms with E-state index < -0.39 is 0 Å². The highest BCUT2D eigenvalue weighted by Gasteiger charge is 2.26. The fraction of sp³-hybridized carbons (Fsp3) is 0.353. The molecular formula is C17H19N3O3S. The number of thiazole rings is 1. The summed E-state index contributed by atoms with van der Waals surface area (Å²) in [6.07, 6.45) is 0. The third-order valence-corrected chi connectivity index (χ3v) is 4.78. The van der Waals surface area contributed by atoms with Crippen LogP contribution in [0.4, 0.5) is 0 Å². The summed E-state index contributed by atoms with van der Waals surface area (Å²) in [6, 6.07) is 7.12. The first kappa shape index (κ1) is 16.4. The van der Waals surface area contributed by atoms with Gasteiger partial charge >= 0.3 is 0 Å². The predicted octanol–water partition coefficient (Wildman–Crippen LogP) is 2.06. The number of carbonyl (C=O) groups is 2. The number of carbonyl (C=O) groups excluding carboxylic acids is 2. The van der Waals surface area contributed by atoms with E-state index in [0.29, 0.717) is 43.2 Å². The van der Waals surface area contributed by atoms with Crippen LogP contribution in [0.3, 0.4) is 0 Å². The van der Waals surface area contributed by atoms with Crippen molar-refractivity contribution >= 4 is 23.2 Å². The minimum atomic E-state index is -0.0622. The van der Waals surface area contributed by atoms with Gasteiger partial charge in [-0.15, -0.1) is 11.3 Å². The van der Waals surface area contributed by atoms with Crippen molar-refractivity contribution in [2.75, 3.05) is 33.3 Å². The van der Waals surface area contributed by atoms with Crippen LogP contribution in [0.2, 0.25) is 0 Å². The lowest BCUT2D eigenvalue weighted by molar-refractivity contribution is 0.0532. The maximum absolute atomic E-state index is 12.6. The third-order valence-electron chi connectivity index (χ3n) is 4.01. The number of ether oxygens (including phenoxy) is 1. The molecule has 2 heterocycles. The highest BCUT2D eigenvalue weighted by atomic mass is 32.1. The quantitative estimate of drug-likeness (QED) is 0.854. The summed E-state index contributed by atoms with van der Waals surface area (Å²) >= 11 is 1.47. The number of hydrogen-bond donors (Lipinski definition) is 0. The zero-order chi connectivity index (χ0) is 17.1. The molecule has 3 rings (SSSR count). The number of aryl methyl sites for hydroxylation is 1. The normalized spacial score (nSPS) is 14.6. The maximum Gasteiger partial charge on any atom is 0.273 e. The van der Waals surface area contributed by atoms with E-state index >= 15 is 0 Å². The molecule has 2 aromatic rings. The Balaban J connectivity index is 1.62. The number of methoxy groups -OCH3 is 1. The van der Waals surface area contributed by atoms with Crippen molar-refractivity contribution in [3.8, 4) is 5.75 Å². The maximum atomic E-state index is 12.6. The highest BCUT2D eigenvalue weighted by Crippen LogP contribution is 2.17. The fourth-order valence-corrected chi connectivity index (χ4v) is 3.26. The molecule has 0 saturated carbocycles. The number of aromatic nitrogens is 1. The van der Waals surface area contributed by atoms with Crippen LogP contribution in [-0.2, 0) is 0 Å². The molecule has 1 saturated heterocycles. The lowest BCUT2D eigenvalue weighted by Crippen LogP contribution is -2.50. The number of hydrogen-bond acceptors (Lipinski definition) is 5. The number of piperazine rings is 1. The summed E-state index contributed by atoms with van der Waals surface area (Å²) in [5.41, 5.74) is 1.09. The molecule has 7 heteroatoms. The Hall–Kier alpha value is -2.41. The minimum absolute atomic E-state index is 0.0366. The Morgan fingerprint density at radius 3 is 2.38 bits per heavy atom. The van der Waals surface area contributed by atoms with E-state index in [-0.39, 0.29) is 11.8 Å². The molecule has 0 aliphatic carbocycles. The molecule has 1 aromatic heterocycles. The number of nitrogens with zero attached hydrogens (tertiary/aromatic N) is 3. The van der Waals surface area contributed by atoms with E-state index in [2.05, 4.69) is 4.98 Å². The van der Waals surface area contributed by atoms with E-state index in [1.807, 2.05) is 13.0 Å². The van der Waals surface area contributed by atoms with Crippen molar-refractivity contribution in [3.63, 3.8) is 0 Å². The van der Waals surface area contributed by atoms with Crippen LogP contribution >= 0.6 is 11.3 Å². The van der Waals surface area contributed by atoms with Crippen LogP contribution in [0.5, 0.6) is 5.75 Å². The molecule has 0 N–H and O–H groups in total. The van der Waals surface area contributed by atoms with Gasteiger partial charge in [-0.25, -0.2) is 4.98 Å². The Morgan fingerprint density at radius 1 is 1.12 bits per heavy atom. The molecule has 126 valence electrons. The molecule has 1 aliphatic rings. The van der Waals surface area contributed by atoms with Gasteiger partial charge in [0.05, 0.1) is 12.1 Å². The molecular weight excluding hydrogens is 326 g/mol. The van der Waals surface area contributed by atoms with Crippen LogP contribution < -0.4 is 4.74 Å². The van der Waals surface area contributed by atoms with Gasteiger partial charge in [0.2, 0.25) is 0 Å². The van der Waals surface area contributed by atoms with Gasteiger partial charge in [-0.05, 0) is 25.1 Å². The highest BCUT2D eigenvalue weighted by molar-refractivity contribution is 7.09. The number of rotatable bonds is 3. The second-order valence-corrected chi connectivity index (χ2v) is 6.63. The summed E-state index contributed by atoms with van der Waals surface area (Å²) in [7, 11) is 1.58. The summed E-state index contributed by atoms with van der Waals surface area (Å²) in [4.78, 5) is 32.7. The van der Waals surface area contributed by atoms with Crippen molar-refractivity contribution in [2.45, 2.75) is 6.92 Å². The third kappa shape index (κ3) is 3.41. The second-order valence-electron chi connectivity index (χ2n) is 5.57. The smallest absolute Gasteiger partial charge is 0.273 e. The van der Waals surface area contributed by atoms with E-state index in [1.165, 1.54) is 11.3 Å². The van der Waals surface area contributed by atoms with Crippen molar-refractivity contribution < 1.29 is 14.3 Å². The van der Waals surface area contributed by atoms with E-state index in [9.17, 15) is 9.59 Å². The van der Waals surface area contributed by atoms with Crippen LogP contribution in [0, 0.1) is 6.92 Å². The molecule has 2 amide bonds. The van der Waals surface area contributed by atoms with E-state index in [4.69, 9.17) is 4.74 Å². The summed E-state index contributed by atoms with van der Waals surface area (Å²) in [5.74, 6) is 0.562. The molecule has 0 radical (unpaired) electrons. The lowest BCUT2D eigenvalue weighted by atomic mass is 10.1.